The second kappa shape index (κ2) is 6.49. The lowest BCUT2D eigenvalue weighted by molar-refractivity contribution is 0.570. The van der Waals surface area contributed by atoms with Crippen molar-refractivity contribution in [1.82, 2.24) is 20.0 Å². The van der Waals surface area contributed by atoms with E-state index in [4.69, 9.17) is 0 Å². The van der Waals surface area contributed by atoms with Gasteiger partial charge in [0, 0.05) is 29.9 Å². The van der Waals surface area contributed by atoms with Crippen LogP contribution in [-0.4, -0.2) is 24.4 Å². The SMILES string of the molecule is CC(C)NCc1sccc1S(=O)(=O)NCc1ncc[nH]1. The number of aromatic nitrogens is 2. The number of nitrogens with zero attached hydrogens (tertiary/aromatic N) is 1. The van der Waals surface area contributed by atoms with E-state index in [1.807, 2.05) is 13.8 Å². The zero-order valence-electron chi connectivity index (χ0n) is 11.4. The van der Waals surface area contributed by atoms with Crippen molar-refractivity contribution in [3.63, 3.8) is 0 Å². The van der Waals surface area contributed by atoms with Crippen molar-refractivity contribution >= 4 is 21.4 Å². The van der Waals surface area contributed by atoms with E-state index in [9.17, 15) is 8.42 Å². The number of hydrogen-bond donors (Lipinski definition) is 3. The third-order valence-corrected chi connectivity index (χ3v) is 5.19. The van der Waals surface area contributed by atoms with Crippen LogP contribution in [0.25, 0.3) is 0 Å². The smallest absolute Gasteiger partial charge is 0.242 e. The van der Waals surface area contributed by atoms with E-state index in [1.165, 1.54) is 11.3 Å². The highest BCUT2D eigenvalue weighted by Crippen LogP contribution is 2.22. The molecule has 0 amide bonds. The predicted molar refractivity (Wildman–Crippen MR) is 78.9 cm³/mol. The maximum absolute atomic E-state index is 12.3. The Morgan fingerprint density at radius 2 is 2.20 bits per heavy atom. The monoisotopic (exact) mass is 314 g/mol. The molecule has 0 unspecified atom stereocenters. The first-order chi connectivity index (χ1) is 9.49. The lowest BCUT2D eigenvalue weighted by Crippen LogP contribution is -2.26. The van der Waals surface area contributed by atoms with Gasteiger partial charge in [-0.3, -0.25) is 0 Å². The average Bonchev–Trinajstić information content (AvgIpc) is 3.05. The van der Waals surface area contributed by atoms with Gasteiger partial charge >= 0.3 is 0 Å². The van der Waals surface area contributed by atoms with Gasteiger partial charge in [-0.05, 0) is 11.4 Å². The van der Waals surface area contributed by atoms with E-state index in [0.29, 0.717) is 23.3 Å². The average molecular weight is 314 g/mol. The van der Waals surface area contributed by atoms with Crippen molar-refractivity contribution < 1.29 is 8.42 Å². The Morgan fingerprint density at radius 1 is 1.40 bits per heavy atom. The lowest BCUT2D eigenvalue weighted by atomic mass is 10.4. The van der Waals surface area contributed by atoms with Crippen molar-refractivity contribution in [2.45, 2.75) is 37.9 Å². The highest BCUT2D eigenvalue weighted by atomic mass is 32.2. The minimum absolute atomic E-state index is 0.155. The van der Waals surface area contributed by atoms with Crippen LogP contribution < -0.4 is 10.0 Å². The molecule has 3 N–H and O–H groups in total. The van der Waals surface area contributed by atoms with Gasteiger partial charge in [0.1, 0.15) is 5.82 Å². The molecule has 0 spiro atoms. The summed E-state index contributed by atoms with van der Waals surface area (Å²) in [4.78, 5) is 8.00. The van der Waals surface area contributed by atoms with Crippen LogP contribution in [0.4, 0.5) is 0 Å². The van der Waals surface area contributed by atoms with Gasteiger partial charge in [-0.15, -0.1) is 11.3 Å². The summed E-state index contributed by atoms with van der Waals surface area (Å²) in [5.41, 5.74) is 0. The van der Waals surface area contributed by atoms with Gasteiger partial charge in [0.25, 0.3) is 0 Å². The van der Waals surface area contributed by atoms with E-state index in [0.717, 1.165) is 4.88 Å². The molecule has 0 atom stereocenters. The number of H-pyrrole nitrogens is 1. The van der Waals surface area contributed by atoms with Gasteiger partial charge in [-0.2, -0.15) is 0 Å². The third-order valence-electron chi connectivity index (χ3n) is 2.65. The zero-order chi connectivity index (χ0) is 14.6. The molecule has 8 heteroatoms. The van der Waals surface area contributed by atoms with Crippen LogP contribution in [0.2, 0.25) is 0 Å². The molecule has 6 nitrogen and oxygen atoms in total. The van der Waals surface area contributed by atoms with Crippen molar-refractivity contribution in [3.8, 4) is 0 Å². The van der Waals surface area contributed by atoms with Gasteiger partial charge in [0.15, 0.2) is 0 Å². The highest BCUT2D eigenvalue weighted by molar-refractivity contribution is 7.89. The first kappa shape index (κ1) is 15.2. The van der Waals surface area contributed by atoms with Crippen LogP contribution in [0.5, 0.6) is 0 Å². The Labute approximate surface area is 122 Å². The molecule has 0 aliphatic heterocycles. The highest BCUT2D eigenvalue weighted by Gasteiger charge is 2.19. The Hall–Kier alpha value is -1.22. The van der Waals surface area contributed by atoms with Crippen LogP contribution in [-0.2, 0) is 23.1 Å². The van der Waals surface area contributed by atoms with E-state index < -0.39 is 10.0 Å². The molecule has 2 aromatic heterocycles. The normalized spacial score (nSPS) is 12.2. The molecule has 2 rings (SSSR count). The molecule has 0 aromatic carbocycles. The van der Waals surface area contributed by atoms with Crippen LogP contribution in [0, 0.1) is 0 Å². The van der Waals surface area contributed by atoms with E-state index >= 15 is 0 Å². The maximum atomic E-state index is 12.3. The summed E-state index contributed by atoms with van der Waals surface area (Å²) in [6.45, 7) is 4.75. The number of aromatic amines is 1. The molecule has 0 aliphatic carbocycles. The minimum atomic E-state index is -3.51. The van der Waals surface area contributed by atoms with Gasteiger partial charge < -0.3 is 10.3 Å². The molecule has 0 saturated heterocycles. The van der Waals surface area contributed by atoms with Crippen molar-refractivity contribution in [2.24, 2.45) is 0 Å². The summed E-state index contributed by atoms with van der Waals surface area (Å²) in [6, 6.07) is 1.94. The Balaban J connectivity index is 2.07. The van der Waals surface area contributed by atoms with Crippen LogP contribution in [0.1, 0.15) is 24.5 Å². The number of nitrogens with one attached hydrogen (secondary N) is 3. The van der Waals surface area contributed by atoms with E-state index in [2.05, 4.69) is 20.0 Å². The lowest BCUT2D eigenvalue weighted by Gasteiger charge is -2.09. The van der Waals surface area contributed by atoms with Crippen molar-refractivity contribution in [1.29, 1.82) is 0 Å². The van der Waals surface area contributed by atoms with Gasteiger partial charge in [0.2, 0.25) is 10.0 Å². The molecule has 2 aromatic rings. The molecule has 110 valence electrons. The van der Waals surface area contributed by atoms with Gasteiger partial charge in [0.05, 0.1) is 11.4 Å². The quantitative estimate of drug-likeness (QED) is 0.722. The summed E-state index contributed by atoms with van der Waals surface area (Å²) in [6.07, 6.45) is 3.25. The largest absolute Gasteiger partial charge is 0.347 e. The number of sulfonamides is 1. The molecular formula is C12H18N4O2S2. The standard InChI is InChI=1S/C12H18N4O2S2/c1-9(2)15-7-10-11(3-6-19-10)20(17,18)16-8-12-13-4-5-14-12/h3-6,9,15-16H,7-8H2,1-2H3,(H,13,14). The van der Waals surface area contributed by atoms with Crippen molar-refractivity contribution in [2.75, 3.05) is 0 Å². The molecule has 0 fully saturated rings. The van der Waals surface area contributed by atoms with Crippen LogP contribution >= 0.6 is 11.3 Å². The molecule has 0 radical (unpaired) electrons. The van der Waals surface area contributed by atoms with Crippen molar-refractivity contribution in [3.05, 3.63) is 34.5 Å². The molecular weight excluding hydrogens is 296 g/mol. The maximum Gasteiger partial charge on any atom is 0.242 e. The predicted octanol–water partition coefficient (Wildman–Crippen LogP) is 1.45. The fourth-order valence-electron chi connectivity index (χ4n) is 1.63. The first-order valence-corrected chi connectivity index (χ1v) is 8.63. The second-order valence-electron chi connectivity index (χ2n) is 4.60. The Morgan fingerprint density at radius 3 is 2.85 bits per heavy atom. The van der Waals surface area contributed by atoms with E-state index in [-0.39, 0.29) is 6.54 Å². The Kier molecular flexibility index (Phi) is 4.92. The molecule has 0 bridgehead atoms. The number of rotatable bonds is 7. The van der Waals surface area contributed by atoms with Crippen LogP contribution in [0.15, 0.2) is 28.7 Å². The van der Waals surface area contributed by atoms with Gasteiger partial charge in [-0.25, -0.2) is 18.1 Å². The van der Waals surface area contributed by atoms with E-state index in [1.54, 1.807) is 23.8 Å². The summed E-state index contributed by atoms with van der Waals surface area (Å²) >= 11 is 1.44. The summed E-state index contributed by atoms with van der Waals surface area (Å²) in [5, 5.41) is 5.02. The third kappa shape index (κ3) is 3.89. The molecule has 0 saturated carbocycles. The number of hydrogen-bond acceptors (Lipinski definition) is 5. The zero-order valence-corrected chi connectivity index (χ0v) is 13.0. The fourth-order valence-corrected chi connectivity index (χ4v) is 4.01. The summed E-state index contributed by atoms with van der Waals surface area (Å²) in [5.74, 6) is 0.589. The number of imidazole rings is 1. The second-order valence-corrected chi connectivity index (χ2v) is 7.34. The first-order valence-electron chi connectivity index (χ1n) is 6.26. The summed E-state index contributed by atoms with van der Waals surface area (Å²) < 4.78 is 27.1. The minimum Gasteiger partial charge on any atom is -0.347 e. The topological polar surface area (TPSA) is 86.9 Å². The van der Waals surface area contributed by atoms with Gasteiger partial charge in [-0.1, -0.05) is 13.8 Å². The Bertz CT molecular complexity index is 632. The van der Waals surface area contributed by atoms with Crippen LogP contribution in [0.3, 0.4) is 0 Å². The summed E-state index contributed by atoms with van der Waals surface area (Å²) in [7, 11) is -3.51. The molecule has 20 heavy (non-hydrogen) atoms. The number of thiophene rings is 1. The fraction of sp³-hybridized carbons (Fsp3) is 0.417. The molecule has 2 heterocycles. The molecule has 0 aliphatic rings.